The molecule has 0 saturated heterocycles. The Bertz CT molecular complexity index is 1200. The maximum absolute atomic E-state index is 13.5. The van der Waals surface area contributed by atoms with Gasteiger partial charge in [-0.15, -0.1) is 0 Å². The lowest BCUT2D eigenvalue weighted by atomic mass is 10.2. The van der Waals surface area contributed by atoms with Crippen molar-refractivity contribution in [2.75, 3.05) is 31.6 Å². The Morgan fingerprint density at radius 2 is 1.76 bits per heavy atom. The third kappa shape index (κ3) is 8.78. The number of furan rings is 1. The van der Waals surface area contributed by atoms with Crippen LogP contribution >= 0.6 is 0 Å². The topological polar surface area (TPSA) is 98.8 Å². The third-order valence-corrected chi connectivity index (χ3v) is 5.58. The van der Waals surface area contributed by atoms with Crippen LogP contribution in [0.2, 0.25) is 0 Å². The molecule has 2 aromatic carbocycles. The number of carbonyl (C=O) groups excluding carboxylic acids is 2. The van der Waals surface area contributed by atoms with Gasteiger partial charge in [0.15, 0.2) is 0 Å². The van der Waals surface area contributed by atoms with Crippen LogP contribution in [0.25, 0.3) is 0 Å². The van der Waals surface area contributed by atoms with E-state index >= 15 is 0 Å². The fourth-order valence-electron chi connectivity index (χ4n) is 3.65. The lowest BCUT2D eigenvalue weighted by molar-refractivity contribution is -0.133. The van der Waals surface area contributed by atoms with Crippen molar-refractivity contribution >= 4 is 17.6 Å². The summed E-state index contributed by atoms with van der Waals surface area (Å²) in [6.07, 6.45) is 0.553. The van der Waals surface area contributed by atoms with Crippen molar-refractivity contribution in [2.24, 2.45) is 0 Å². The predicted octanol–water partition coefficient (Wildman–Crippen LogP) is 5.09. The van der Waals surface area contributed by atoms with E-state index in [1.165, 1.54) is 17.0 Å². The number of hydrogen-bond acceptors (Lipinski definition) is 5. The molecule has 37 heavy (non-hydrogen) atoms. The minimum absolute atomic E-state index is 0.172. The molecule has 8 nitrogen and oxygen atoms in total. The van der Waals surface area contributed by atoms with Crippen LogP contribution in [0.4, 0.5) is 14.9 Å². The summed E-state index contributed by atoms with van der Waals surface area (Å²) in [7, 11) is 0. The summed E-state index contributed by atoms with van der Waals surface area (Å²) in [6, 6.07) is 17.7. The van der Waals surface area contributed by atoms with Crippen molar-refractivity contribution in [2.45, 2.75) is 33.4 Å². The summed E-state index contributed by atoms with van der Waals surface area (Å²) in [5.41, 5.74) is 1.75. The highest BCUT2D eigenvalue weighted by Gasteiger charge is 2.23. The smallest absolute Gasteiger partial charge is 0.322 e. The number of nitrogens with zero attached hydrogens (tertiary/aromatic N) is 3. The van der Waals surface area contributed by atoms with E-state index in [1.807, 2.05) is 26.0 Å². The lowest BCUT2D eigenvalue weighted by Gasteiger charge is -2.27. The van der Waals surface area contributed by atoms with Gasteiger partial charge in [0.2, 0.25) is 5.91 Å². The number of halogens is 1. The first-order valence-electron chi connectivity index (χ1n) is 12.1. The molecule has 1 N–H and O–H groups in total. The molecule has 3 aromatic rings. The number of nitrogens with one attached hydrogen (secondary N) is 1. The van der Waals surface area contributed by atoms with Crippen LogP contribution in [-0.4, -0.2) is 48.0 Å². The second-order valence-corrected chi connectivity index (χ2v) is 8.48. The molecule has 0 saturated carbocycles. The number of ether oxygens (including phenoxy) is 1. The molecule has 0 fully saturated rings. The maximum atomic E-state index is 13.5. The van der Waals surface area contributed by atoms with Gasteiger partial charge in [0.25, 0.3) is 0 Å². The van der Waals surface area contributed by atoms with Crippen LogP contribution in [0.1, 0.15) is 36.0 Å². The van der Waals surface area contributed by atoms with Gasteiger partial charge in [-0.05, 0) is 74.4 Å². The highest BCUT2D eigenvalue weighted by molar-refractivity contribution is 5.92. The van der Waals surface area contributed by atoms with E-state index in [2.05, 4.69) is 5.32 Å². The molecular weight excluding hydrogens is 475 g/mol. The van der Waals surface area contributed by atoms with Crippen LogP contribution in [0.3, 0.4) is 0 Å². The Labute approximate surface area is 216 Å². The number of anilines is 1. The number of benzene rings is 2. The summed E-state index contributed by atoms with van der Waals surface area (Å²) in [5, 5.41) is 11.8. The van der Waals surface area contributed by atoms with E-state index in [0.29, 0.717) is 43.2 Å². The SMILES string of the molecule is CCOCCCN(CC(=O)N(Cc1ccc(F)cc1)Cc1ccc(C)o1)C(=O)Nc1ccc(C#N)cc1. The van der Waals surface area contributed by atoms with E-state index in [4.69, 9.17) is 14.4 Å². The lowest BCUT2D eigenvalue weighted by Crippen LogP contribution is -2.44. The summed E-state index contributed by atoms with van der Waals surface area (Å²) in [4.78, 5) is 29.6. The molecule has 0 atom stereocenters. The van der Waals surface area contributed by atoms with Crippen LogP contribution < -0.4 is 5.32 Å². The van der Waals surface area contributed by atoms with E-state index in [1.54, 1.807) is 47.4 Å². The van der Waals surface area contributed by atoms with Gasteiger partial charge in [-0.3, -0.25) is 4.79 Å². The third-order valence-electron chi connectivity index (χ3n) is 5.58. The molecule has 1 heterocycles. The molecule has 0 spiro atoms. The molecule has 194 valence electrons. The Morgan fingerprint density at radius 3 is 2.38 bits per heavy atom. The van der Waals surface area contributed by atoms with Gasteiger partial charge in [-0.1, -0.05) is 12.1 Å². The van der Waals surface area contributed by atoms with Gasteiger partial charge >= 0.3 is 6.03 Å². The number of urea groups is 1. The highest BCUT2D eigenvalue weighted by Crippen LogP contribution is 2.15. The monoisotopic (exact) mass is 506 g/mol. The summed E-state index contributed by atoms with van der Waals surface area (Å²) in [5.74, 6) is 0.689. The minimum atomic E-state index is -0.440. The second-order valence-electron chi connectivity index (χ2n) is 8.48. The molecule has 3 rings (SSSR count). The standard InChI is InChI=1S/C28H31FN4O4/c1-3-36-16-4-15-32(28(35)31-25-12-8-22(17-30)9-13-25)20-27(34)33(19-26-14-5-21(2)37-26)18-23-6-10-24(29)11-7-23/h5-14H,3-4,15-16,18-20H2,1-2H3,(H,31,35). The van der Waals surface area contributed by atoms with Crippen molar-refractivity contribution in [1.82, 2.24) is 9.80 Å². The van der Waals surface area contributed by atoms with Crippen molar-refractivity contribution < 1.29 is 23.1 Å². The average molecular weight is 507 g/mol. The molecule has 0 aliphatic rings. The summed E-state index contributed by atoms with van der Waals surface area (Å²) >= 11 is 0. The molecule has 0 aliphatic carbocycles. The zero-order chi connectivity index (χ0) is 26.6. The zero-order valence-electron chi connectivity index (χ0n) is 21.1. The van der Waals surface area contributed by atoms with Crippen molar-refractivity contribution in [3.63, 3.8) is 0 Å². The maximum Gasteiger partial charge on any atom is 0.322 e. The molecule has 9 heteroatoms. The van der Waals surface area contributed by atoms with E-state index in [0.717, 1.165) is 11.3 Å². The number of rotatable bonds is 12. The Kier molecular flexibility index (Phi) is 10.2. The second kappa shape index (κ2) is 13.8. The quantitative estimate of drug-likeness (QED) is 0.345. The van der Waals surface area contributed by atoms with E-state index in [9.17, 15) is 14.0 Å². The molecule has 3 amide bonds. The molecule has 0 bridgehead atoms. The zero-order valence-corrected chi connectivity index (χ0v) is 21.1. The van der Waals surface area contributed by atoms with Gasteiger partial charge < -0.3 is 24.3 Å². The Balaban J connectivity index is 1.76. The van der Waals surface area contributed by atoms with Crippen LogP contribution in [0.15, 0.2) is 65.1 Å². The van der Waals surface area contributed by atoms with Crippen LogP contribution in [0, 0.1) is 24.1 Å². The fraction of sp³-hybridized carbons (Fsp3) is 0.321. The number of carbonyl (C=O) groups is 2. The molecule has 0 unspecified atom stereocenters. The summed E-state index contributed by atoms with van der Waals surface area (Å²) < 4.78 is 24.5. The predicted molar refractivity (Wildman–Crippen MR) is 137 cm³/mol. The van der Waals surface area contributed by atoms with E-state index in [-0.39, 0.29) is 31.4 Å². The summed E-state index contributed by atoms with van der Waals surface area (Å²) in [6.45, 7) is 5.29. The number of nitriles is 1. The first-order valence-corrected chi connectivity index (χ1v) is 12.1. The Morgan fingerprint density at radius 1 is 1.03 bits per heavy atom. The molecule has 0 radical (unpaired) electrons. The van der Waals surface area contributed by atoms with Gasteiger partial charge in [0.05, 0.1) is 18.2 Å². The van der Waals surface area contributed by atoms with Crippen molar-refractivity contribution in [3.05, 3.63) is 89.1 Å². The van der Waals surface area contributed by atoms with Gasteiger partial charge in [-0.25, -0.2) is 9.18 Å². The number of amides is 3. The van der Waals surface area contributed by atoms with Crippen molar-refractivity contribution in [3.8, 4) is 6.07 Å². The average Bonchev–Trinajstić information content (AvgIpc) is 3.31. The molecule has 0 aliphatic heterocycles. The molecule has 1 aromatic heterocycles. The normalized spacial score (nSPS) is 10.5. The van der Waals surface area contributed by atoms with Gasteiger partial charge in [0.1, 0.15) is 23.9 Å². The highest BCUT2D eigenvalue weighted by atomic mass is 19.1. The first-order chi connectivity index (χ1) is 17.9. The minimum Gasteiger partial charge on any atom is -0.464 e. The first kappa shape index (κ1) is 27.4. The fourth-order valence-corrected chi connectivity index (χ4v) is 3.65. The number of hydrogen-bond donors (Lipinski definition) is 1. The van der Waals surface area contributed by atoms with E-state index < -0.39 is 6.03 Å². The van der Waals surface area contributed by atoms with Gasteiger partial charge in [-0.2, -0.15) is 5.26 Å². The largest absolute Gasteiger partial charge is 0.464 e. The van der Waals surface area contributed by atoms with Crippen LogP contribution in [-0.2, 0) is 22.6 Å². The van der Waals surface area contributed by atoms with Gasteiger partial charge in [0, 0.05) is 32.0 Å². The van der Waals surface area contributed by atoms with Crippen molar-refractivity contribution in [1.29, 1.82) is 5.26 Å². The van der Waals surface area contributed by atoms with Crippen LogP contribution in [0.5, 0.6) is 0 Å². The Hall–Kier alpha value is -4.16. The number of aryl methyl sites for hydroxylation is 1. The molecular formula is C28H31FN4O4.